The Morgan fingerprint density at radius 2 is 2.04 bits per heavy atom. The van der Waals surface area contributed by atoms with E-state index in [4.69, 9.17) is 35.8 Å². The van der Waals surface area contributed by atoms with Gasteiger partial charge in [0.15, 0.2) is 5.83 Å². The van der Waals surface area contributed by atoms with Crippen LogP contribution in [0.15, 0.2) is 12.3 Å². The molecule has 48 heavy (non-hydrogen) atoms. The molecule has 4 atom stereocenters. The molecule has 4 fully saturated rings. The first-order chi connectivity index (χ1) is 23.2. The van der Waals surface area contributed by atoms with Crippen LogP contribution in [0.1, 0.15) is 69.0 Å². The number of nitrogens with one attached hydrogen (secondary N) is 2. The smallest absolute Gasteiger partial charge is 0.319 e. The van der Waals surface area contributed by atoms with Gasteiger partial charge in [-0.1, -0.05) is 18.0 Å². The number of nitrogens with zero attached hydrogens (tertiary/aromatic N) is 5. The molecule has 2 saturated carbocycles. The van der Waals surface area contributed by atoms with E-state index in [1.54, 1.807) is 19.3 Å². The average molecular weight is 682 g/mol. The molecule has 2 saturated heterocycles. The summed E-state index contributed by atoms with van der Waals surface area (Å²) in [5.41, 5.74) is 1.07. The van der Waals surface area contributed by atoms with Crippen molar-refractivity contribution in [2.75, 3.05) is 51.5 Å². The van der Waals surface area contributed by atoms with E-state index in [-0.39, 0.29) is 29.9 Å². The molecule has 3 aromatic rings. The van der Waals surface area contributed by atoms with Crippen molar-refractivity contribution >= 4 is 40.3 Å². The van der Waals surface area contributed by atoms with Crippen LogP contribution in [-0.4, -0.2) is 101 Å². The number of fused-ring (bicyclic) bond motifs is 3. The number of piperidine rings is 1. The Kier molecular flexibility index (Phi) is 8.30. The van der Waals surface area contributed by atoms with Crippen LogP contribution in [-0.2, 0) is 9.47 Å². The van der Waals surface area contributed by atoms with Gasteiger partial charge in [0.1, 0.15) is 22.8 Å². The summed E-state index contributed by atoms with van der Waals surface area (Å²) in [6.07, 6.45) is 11.6. The quantitative estimate of drug-likeness (QED) is 0.343. The van der Waals surface area contributed by atoms with E-state index in [0.717, 1.165) is 68.0 Å². The second-order valence-corrected chi connectivity index (χ2v) is 15.2. The first kappa shape index (κ1) is 32.2. The summed E-state index contributed by atoms with van der Waals surface area (Å²) >= 11 is 6.61. The fourth-order valence-electron chi connectivity index (χ4n) is 8.97. The number of aromatic amines is 1. The van der Waals surface area contributed by atoms with Crippen LogP contribution in [0.2, 0.25) is 5.02 Å². The first-order valence-corrected chi connectivity index (χ1v) is 17.7. The van der Waals surface area contributed by atoms with Crippen molar-refractivity contribution < 1.29 is 23.7 Å². The molecule has 3 aliphatic heterocycles. The highest BCUT2D eigenvalue weighted by Gasteiger charge is 2.51. The van der Waals surface area contributed by atoms with E-state index >= 15 is 4.39 Å². The van der Waals surface area contributed by atoms with Crippen molar-refractivity contribution in [2.24, 2.45) is 5.41 Å². The third-order valence-electron chi connectivity index (χ3n) is 11.5. The predicted octanol–water partition coefficient (Wildman–Crippen LogP) is 3.25. The number of benzene rings is 1. The minimum absolute atomic E-state index is 0.000780. The number of halogens is 2. The molecule has 11 nitrogen and oxygen atoms in total. The maximum atomic E-state index is 17.0. The van der Waals surface area contributed by atoms with Crippen LogP contribution < -0.4 is 25.5 Å². The Hall–Kier alpha value is -3.03. The van der Waals surface area contributed by atoms with Crippen molar-refractivity contribution in [1.29, 1.82) is 0 Å². The van der Waals surface area contributed by atoms with E-state index < -0.39 is 17.5 Å². The molecule has 4 unspecified atom stereocenters. The molecule has 5 heterocycles. The molecule has 1 aromatic carbocycles. The SMILES string of the molecule is COC1CC(N2CCCC3(COc4nc(N5CCOCC(C)(O)C5)c5c(n4)=C(F)C(c4c(C)c(Cl)cc6[nH]ncc46)NC=5)CCCC23)C1. The number of aromatic nitrogens is 4. The normalized spacial score (nSPS) is 32.2. The lowest BCUT2D eigenvalue weighted by Crippen LogP contribution is -2.59. The molecular weight excluding hydrogens is 637 g/mol. The van der Waals surface area contributed by atoms with Gasteiger partial charge in [0.25, 0.3) is 0 Å². The molecule has 0 radical (unpaired) electrons. The van der Waals surface area contributed by atoms with Crippen LogP contribution >= 0.6 is 11.6 Å². The van der Waals surface area contributed by atoms with Crippen molar-refractivity contribution in [3.05, 3.63) is 39.0 Å². The summed E-state index contributed by atoms with van der Waals surface area (Å²) in [5, 5.41) is 23.5. The van der Waals surface area contributed by atoms with Gasteiger partial charge in [-0.3, -0.25) is 10.00 Å². The summed E-state index contributed by atoms with van der Waals surface area (Å²) in [6, 6.07) is 2.11. The molecule has 2 aliphatic carbocycles. The first-order valence-electron chi connectivity index (χ1n) is 17.3. The number of hydrogen-bond acceptors (Lipinski definition) is 10. The molecule has 5 aliphatic rings. The zero-order valence-corrected chi connectivity index (χ0v) is 28.7. The van der Waals surface area contributed by atoms with Crippen LogP contribution in [0.5, 0.6) is 6.01 Å². The van der Waals surface area contributed by atoms with Crippen LogP contribution in [0.4, 0.5) is 10.2 Å². The molecule has 3 N–H and O–H groups in total. The second kappa shape index (κ2) is 12.4. The molecule has 13 heteroatoms. The topological polar surface area (TPSA) is 121 Å². The Bertz CT molecular complexity index is 1830. The van der Waals surface area contributed by atoms with E-state index in [2.05, 4.69) is 20.4 Å². The fraction of sp³-hybridized carbons (Fsp3) is 0.629. The van der Waals surface area contributed by atoms with Crippen molar-refractivity contribution in [1.82, 2.24) is 30.4 Å². The van der Waals surface area contributed by atoms with Gasteiger partial charge < -0.3 is 29.5 Å². The van der Waals surface area contributed by atoms with Crippen LogP contribution in [0, 0.1) is 12.3 Å². The van der Waals surface area contributed by atoms with E-state index in [1.165, 1.54) is 0 Å². The van der Waals surface area contributed by atoms with Gasteiger partial charge in [-0.05, 0) is 76.1 Å². The average Bonchev–Trinajstić information content (AvgIpc) is 3.65. The van der Waals surface area contributed by atoms with Crippen LogP contribution in [0.3, 0.4) is 0 Å². The lowest BCUT2D eigenvalue weighted by molar-refractivity contribution is -0.0845. The lowest BCUT2D eigenvalue weighted by atomic mass is 9.73. The van der Waals surface area contributed by atoms with E-state index in [1.807, 2.05) is 25.0 Å². The highest BCUT2D eigenvalue weighted by atomic mass is 35.5. The second-order valence-electron chi connectivity index (χ2n) is 14.8. The monoisotopic (exact) mass is 681 g/mol. The van der Waals surface area contributed by atoms with Gasteiger partial charge in [0.05, 0.1) is 49.4 Å². The van der Waals surface area contributed by atoms with Gasteiger partial charge >= 0.3 is 6.01 Å². The zero-order chi connectivity index (χ0) is 33.2. The molecule has 2 aromatic heterocycles. The zero-order valence-electron chi connectivity index (χ0n) is 27.9. The summed E-state index contributed by atoms with van der Waals surface area (Å²) in [6.45, 7) is 6.56. The molecule has 258 valence electrons. The maximum Gasteiger partial charge on any atom is 0.319 e. The predicted molar refractivity (Wildman–Crippen MR) is 181 cm³/mol. The number of anilines is 1. The molecular formula is C35H45ClFN7O4. The Morgan fingerprint density at radius 3 is 2.88 bits per heavy atom. The summed E-state index contributed by atoms with van der Waals surface area (Å²) < 4.78 is 34.9. The summed E-state index contributed by atoms with van der Waals surface area (Å²) in [7, 11) is 1.81. The van der Waals surface area contributed by atoms with Crippen molar-refractivity contribution in [2.45, 2.75) is 88.6 Å². The van der Waals surface area contributed by atoms with Gasteiger partial charge in [-0.2, -0.15) is 15.1 Å². The van der Waals surface area contributed by atoms with Crippen molar-refractivity contribution in [3.8, 4) is 6.01 Å². The molecule has 8 rings (SSSR count). The number of rotatable bonds is 7. The Labute approximate surface area is 284 Å². The minimum atomic E-state index is -1.11. The summed E-state index contributed by atoms with van der Waals surface area (Å²) in [4.78, 5) is 14.4. The van der Waals surface area contributed by atoms with E-state index in [0.29, 0.717) is 59.6 Å². The number of methoxy groups -OCH3 is 1. The number of ether oxygens (including phenoxy) is 3. The summed E-state index contributed by atoms with van der Waals surface area (Å²) in [5.74, 6) is 0.0501. The van der Waals surface area contributed by atoms with Gasteiger partial charge in [0, 0.05) is 47.8 Å². The number of likely N-dealkylation sites (tertiary alicyclic amines) is 1. The highest BCUT2D eigenvalue weighted by molar-refractivity contribution is 6.32. The minimum Gasteiger partial charge on any atom is -0.463 e. The largest absolute Gasteiger partial charge is 0.463 e. The molecule has 0 spiro atoms. The number of H-pyrrole nitrogens is 1. The van der Waals surface area contributed by atoms with E-state index in [9.17, 15) is 5.11 Å². The number of hydrogen-bond donors (Lipinski definition) is 3. The van der Waals surface area contributed by atoms with Crippen LogP contribution in [0.25, 0.3) is 22.9 Å². The fourth-order valence-corrected chi connectivity index (χ4v) is 9.18. The third kappa shape index (κ3) is 5.53. The molecule has 0 bridgehead atoms. The van der Waals surface area contributed by atoms with Gasteiger partial charge in [0.2, 0.25) is 0 Å². The Balaban J connectivity index is 1.18. The lowest BCUT2D eigenvalue weighted by Gasteiger charge is -2.53. The third-order valence-corrected chi connectivity index (χ3v) is 11.9. The van der Waals surface area contributed by atoms with Gasteiger partial charge in [-0.15, -0.1) is 0 Å². The highest BCUT2D eigenvalue weighted by Crippen LogP contribution is 2.50. The molecule has 0 amide bonds. The standard InChI is InChI=1S/C35H45ClFN7O4/c1-20-25(36)14-26-23(16-39-42-26)28(20)31-29(37)30-24(15-38-31)32(43-10-11-47-18-34(2,45)17-43)41-33(40-30)48-19-35-7-4-6-27(35)44(9-5-8-35)21-12-22(13-21)46-3/h14-16,21-22,27,31,38,45H,4-13,17-19H2,1-3H3,(H,39,42). The van der Waals surface area contributed by atoms with Gasteiger partial charge in [-0.25, -0.2) is 4.39 Å². The maximum absolute atomic E-state index is 17.0. The van der Waals surface area contributed by atoms with Crippen molar-refractivity contribution in [3.63, 3.8) is 0 Å². The Morgan fingerprint density at radius 1 is 1.21 bits per heavy atom. The number of aliphatic hydroxyl groups is 1. The number of β-amino-alcohol motifs (C(OH)–C–C–N with tert-alkyl or cyclic N) is 1.